The molecule has 1 aromatic rings. The zero-order chi connectivity index (χ0) is 13.1. The first-order chi connectivity index (χ1) is 7.79. The van der Waals surface area contributed by atoms with E-state index >= 15 is 0 Å². The Hall–Kier alpha value is -0.870. The summed E-state index contributed by atoms with van der Waals surface area (Å²) in [5.74, 6) is 0. The summed E-state index contributed by atoms with van der Waals surface area (Å²) in [7, 11) is -3.11. The molecule has 17 heavy (non-hydrogen) atoms. The molecule has 1 aromatic carbocycles. The van der Waals surface area contributed by atoms with Gasteiger partial charge in [-0.15, -0.1) is 0 Å². The van der Waals surface area contributed by atoms with Gasteiger partial charge in [0.1, 0.15) is 0 Å². The molecule has 0 radical (unpaired) electrons. The van der Waals surface area contributed by atoms with Gasteiger partial charge in [0, 0.05) is 6.26 Å². The van der Waals surface area contributed by atoms with Crippen molar-refractivity contribution in [1.82, 2.24) is 0 Å². The van der Waals surface area contributed by atoms with Crippen LogP contribution in [-0.4, -0.2) is 21.2 Å². The summed E-state index contributed by atoms with van der Waals surface area (Å²) >= 11 is 0. The van der Waals surface area contributed by atoms with Crippen LogP contribution < -0.4 is 5.73 Å². The van der Waals surface area contributed by atoms with Crippen molar-refractivity contribution in [2.75, 3.05) is 12.8 Å². The maximum Gasteiger partial charge on any atom is 0.156 e. The molecule has 3 nitrogen and oxygen atoms in total. The lowest BCUT2D eigenvalue weighted by Gasteiger charge is -2.23. The van der Waals surface area contributed by atoms with Gasteiger partial charge in [-0.3, -0.25) is 0 Å². The molecule has 0 aliphatic carbocycles. The highest BCUT2D eigenvalue weighted by Gasteiger charge is 2.31. The predicted octanol–water partition coefficient (Wildman–Crippen LogP) is 1.86. The molecule has 2 N–H and O–H groups in total. The van der Waals surface area contributed by atoms with Gasteiger partial charge in [-0.05, 0) is 44.4 Å². The lowest BCUT2D eigenvalue weighted by atomic mass is 9.99. The van der Waals surface area contributed by atoms with Gasteiger partial charge in [0.2, 0.25) is 0 Å². The van der Waals surface area contributed by atoms with Crippen molar-refractivity contribution in [3.05, 3.63) is 35.4 Å². The molecule has 0 spiro atoms. The van der Waals surface area contributed by atoms with E-state index in [9.17, 15) is 8.42 Å². The number of aryl methyl sites for hydroxylation is 1. The van der Waals surface area contributed by atoms with E-state index in [0.717, 1.165) is 18.4 Å². The average molecular weight is 255 g/mol. The summed E-state index contributed by atoms with van der Waals surface area (Å²) in [5.41, 5.74) is 7.48. The summed E-state index contributed by atoms with van der Waals surface area (Å²) in [6.45, 7) is 4.14. The maximum atomic E-state index is 11.7. The fourth-order valence-corrected chi connectivity index (χ4v) is 2.16. The van der Waals surface area contributed by atoms with E-state index in [2.05, 4.69) is 0 Å². The van der Waals surface area contributed by atoms with Gasteiger partial charge < -0.3 is 5.73 Å². The Bertz CT molecular complexity index is 461. The van der Waals surface area contributed by atoms with E-state index < -0.39 is 14.6 Å². The first kappa shape index (κ1) is 14.2. The largest absolute Gasteiger partial charge is 0.330 e. The first-order valence-corrected chi connectivity index (χ1v) is 7.67. The van der Waals surface area contributed by atoms with Crippen LogP contribution >= 0.6 is 0 Å². The second-order valence-electron chi connectivity index (χ2n) is 4.87. The standard InChI is InChI=1S/C13H21NO2S/c1-13(2,17(3,15)16)12-8-6-11(7-9-12)5-4-10-14/h6-9H,4-5,10,14H2,1-3H3. The Kier molecular flexibility index (Phi) is 4.33. The van der Waals surface area contributed by atoms with Gasteiger partial charge in [0.25, 0.3) is 0 Å². The average Bonchev–Trinajstić information content (AvgIpc) is 2.25. The molecule has 0 unspecified atom stereocenters. The summed E-state index contributed by atoms with van der Waals surface area (Å²) < 4.78 is 22.6. The van der Waals surface area contributed by atoms with Crippen molar-refractivity contribution in [3.8, 4) is 0 Å². The van der Waals surface area contributed by atoms with Crippen LogP contribution in [0.4, 0.5) is 0 Å². The first-order valence-electron chi connectivity index (χ1n) is 5.78. The summed E-state index contributed by atoms with van der Waals surface area (Å²) in [4.78, 5) is 0. The van der Waals surface area contributed by atoms with Crippen LogP contribution in [0.5, 0.6) is 0 Å². The Morgan fingerprint density at radius 1 is 1.18 bits per heavy atom. The highest BCUT2D eigenvalue weighted by Crippen LogP contribution is 2.28. The zero-order valence-electron chi connectivity index (χ0n) is 10.7. The van der Waals surface area contributed by atoms with Gasteiger partial charge in [-0.1, -0.05) is 24.3 Å². The quantitative estimate of drug-likeness (QED) is 0.873. The normalized spacial score (nSPS) is 12.7. The van der Waals surface area contributed by atoms with Gasteiger partial charge in [0.05, 0.1) is 4.75 Å². The molecule has 0 fully saturated rings. The predicted molar refractivity (Wildman–Crippen MR) is 71.7 cm³/mol. The molecule has 0 atom stereocenters. The van der Waals surface area contributed by atoms with Crippen LogP contribution in [0.25, 0.3) is 0 Å². The highest BCUT2D eigenvalue weighted by atomic mass is 32.2. The Balaban J connectivity index is 2.95. The molecule has 0 aliphatic heterocycles. The molecule has 0 amide bonds. The van der Waals surface area contributed by atoms with Crippen molar-refractivity contribution >= 4 is 9.84 Å². The molecule has 0 heterocycles. The van der Waals surface area contributed by atoms with Crippen LogP contribution in [0.15, 0.2) is 24.3 Å². The number of benzene rings is 1. The van der Waals surface area contributed by atoms with Crippen molar-refractivity contribution in [1.29, 1.82) is 0 Å². The topological polar surface area (TPSA) is 60.2 Å². The van der Waals surface area contributed by atoms with Crippen molar-refractivity contribution < 1.29 is 8.42 Å². The van der Waals surface area contributed by atoms with E-state index in [1.807, 2.05) is 24.3 Å². The third kappa shape index (κ3) is 3.30. The zero-order valence-corrected chi connectivity index (χ0v) is 11.5. The minimum absolute atomic E-state index is 0.677. The molecule has 0 saturated heterocycles. The minimum atomic E-state index is -3.11. The molecule has 0 saturated carbocycles. The molecule has 1 rings (SSSR count). The van der Waals surface area contributed by atoms with E-state index in [4.69, 9.17) is 5.73 Å². The fraction of sp³-hybridized carbons (Fsp3) is 0.538. The maximum absolute atomic E-state index is 11.7. The Labute approximate surface area is 104 Å². The monoisotopic (exact) mass is 255 g/mol. The second kappa shape index (κ2) is 5.19. The van der Waals surface area contributed by atoms with Gasteiger partial charge >= 0.3 is 0 Å². The van der Waals surface area contributed by atoms with Crippen LogP contribution in [-0.2, 0) is 21.0 Å². The highest BCUT2D eigenvalue weighted by molar-refractivity contribution is 7.91. The second-order valence-corrected chi connectivity index (χ2v) is 7.44. The molecule has 0 aromatic heterocycles. The van der Waals surface area contributed by atoms with Gasteiger partial charge in [-0.2, -0.15) is 0 Å². The number of nitrogens with two attached hydrogens (primary N) is 1. The summed E-state index contributed by atoms with van der Waals surface area (Å²) in [5, 5.41) is 0. The number of sulfone groups is 1. The van der Waals surface area contributed by atoms with Crippen molar-refractivity contribution in [2.45, 2.75) is 31.4 Å². The number of hydrogen-bond donors (Lipinski definition) is 1. The van der Waals surface area contributed by atoms with Crippen molar-refractivity contribution in [2.24, 2.45) is 5.73 Å². The molecule has 0 bridgehead atoms. The van der Waals surface area contributed by atoms with Crippen LogP contribution in [0.3, 0.4) is 0 Å². The summed E-state index contributed by atoms with van der Waals surface area (Å²) in [6.07, 6.45) is 3.17. The lowest BCUT2D eigenvalue weighted by molar-refractivity contribution is 0.561. The van der Waals surface area contributed by atoms with E-state index in [-0.39, 0.29) is 0 Å². The van der Waals surface area contributed by atoms with Gasteiger partial charge in [-0.25, -0.2) is 8.42 Å². The smallest absolute Gasteiger partial charge is 0.156 e. The minimum Gasteiger partial charge on any atom is -0.330 e. The van der Waals surface area contributed by atoms with Crippen LogP contribution in [0, 0.1) is 0 Å². The Morgan fingerprint density at radius 3 is 2.12 bits per heavy atom. The van der Waals surface area contributed by atoms with E-state index in [0.29, 0.717) is 6.54 Å². The number of rotatable bonds is 5. The number of hydrogen-bond acceptors (Lipinski definition) is 3. The van der Waals surface area contributed by atoms with Crippen LogP contribution in [0.2, 0.25) is 0 Å². The summed E-state index contributed by atoms with van der Waals surface area (Å²) in [6, 6.07) is 7.76. The lowest BCUT2D eigenvalue weighted by Crippen LogP contribution is -2.27. The fourth-order valence-electron chi connectivity index (χ4n) is 1.59. The molecule has 4 heteroatoms. The molecule has 96 valence electrons. The van der Waals surface area contributed by atoms with E-state index in [1.54, 1.807) is 13.8 Å². The molecule has 0 aliphatic rings. The SMILES string of the molecule is CC(C)(c1ccc(CCCN)cc1)S(C)(=O)=O. The van der Waals surface area contributed by atoms with Crippen molar-refractivity contribution in [3.63, 3.8) is 0 Å². The third-order valence-corrected chi connectivity index (χ3v) is 5.34. The Morgan fingerprint density at radius 2 is 1.71 bits per heavy atom. The molecular weight excluding hydrogens is 234 g/mol. The van der Waals surface area contributed by atoms with E-state index in [1.165, 1.54) is 11.8 Å². The van der Waals surface area contributed by atoms with Crippen LogP contribution in [0.1, 0.15) is 31.4 Å². The van der Waals surface area contributed by atoms with Gasteiger partial charge in [0.15, 0.2) is 9.84 Å². The molecular formula is C13H21NO2S. The third-order valence-electron chi connectivity index (χ3n) is 3.25.